The van der Waals surface area contributed by atoms with Crippen LogP contribution in [0.2, 0.25) is 0 Å². The Morgan fingerprint density at radius 3 is 2.47 bits per heavy atom. The largest absolute Gasteiger partial charge is 0.598 e. The second-order valence-electron chi connectivity index (χ2n) is 6.87. The van der Waals surface area contributed by atoms with Gasteiger partial charge in [0.25, 0.3) is 0 Å². The summed E-state index contributed by atoms with van der Waals surface area (Å²) in [5, 5.41) is 0. The van der Waals surface area contributed by atoms with Crippen molar-refractivity contribution in [2.75, 3.05) is 0 Å². The first-order valence-corrected chi connectivity index (χ1v) is 8.20. The second kappa shape index (κ2) is 5.47. The van der Waals surface area contributed by atoms with Crippen molar-refractivity contribution in [3.8, 4) is 0 Å². The molecule has 3 atom stereocenters. The molecule has 0 heterocycles. The molecule has 1 saturated carbocycles. The van der Waals surface area contributed by atoms with Crippen LogP contribution in [0.3, 0.4) is 0 Å². The minimum absolute atomic E-state index is 0.189. The predicted octanol–water partition coefficient (Wildman–Crippen LogP) is 3.55. The van der Waals surface area contributed by atoms with Crippen LogP contribution < -0.4 is 4.72 Å². The van der Waals surface area contributed by atoms with E-state index in [0.29, 0.717) is 6.04 Å². The molecule has 0 aliphatic heterocycles. The highest BCUT2D eigenvalue weighted by Gasteiger charge is 2.39. The van der Waals surface area contributed by atoms with Crippen LogP contribution in [0.15, 0.2) is 30.3 Å². The third-order valence-corrected chi connectivity index (χ3v) is 5.70. The molecule has 1 aromatic carbocycles. The molecule has 0 aromatic heterocycles. The summed E-state index contributed by atoms with van der Waals surface area (Å²) >= 11 is -0.967. The summed E-state index contributed by atoms with van der Waals surface area (Å²) in [4.78, 5) is 0. The van der Waals surface area contributed by atoms with E-state index in [1.165, 1.54) is 5.56 Å². The number of hydrogen-bond acceptors (Lipinski definition) is 2. The van der Waals surface area contributed by atoms with Gasteiger partial charge in [0.2, 0.25) is 0 Å². The molecule has 0 saturated heterocycles. The Morgan fingerprint density at radius 1 is 1.26 bits per heavy atom. The van der Waals surface area contributed by atoms with Gasteiger partial charge in [-0.15, -0.1) is 4.72 Å². The molecule has 0 amide bonds. The molecule has 3 heteroatoms. The Kier molecular flexibility index (Phi) is 4.29. The highest BCUT2D eigenvalue weighted by atomic mass is 32.2. The van der Waals surface area contributed by atoms with E-state index >= 15 is 0 Å². The molecule has 0 spiro atoms. The summed E-state index contributed by atoms with van der Waals surface area (Å²) in [6, 6.07) is 11.1. The minimum atomic E-state index is -0.967. The molecule has 19 heavy (non-hydrogen) atoms. The summed E-state index contributed by atoms with van der Waals surface area (Å²) in [6.45, 7) is 8.37. The minimum Gasteiger partial charge on any atom is -0.598 e. The molecular formula is C16H25NOS. The van der Waals surface area contributed by atoms with Crippen LogP contribution in [0.4, 0.5) is 0 Å². The first kappa shape index (κ1) is 14.9. The van der Waals surface area contributed by atoms with Gasteiger partial charge in [-0.1, -0.05) is 37.3 Å². The van der Waals surface area contributed by atoms with Gasteiger partial charge < -0.3 is 4.55 Å². The van der Waals surface area contributed by atoms with Crippen molar-refractivity contribution in [1.82, 2.24) is 4.72 Å². The van der Waals surface area contributed by atoms with Crippen LogP contribution in [0, 0.1) is 0 Å². The lowest BCUT2D eigenvalue weighted by Gasteiger charge is -2.28. The zero-order valence-corrected chi connectivity index (χ0v) is 13.2. The molecule has 2 rings (SSSR count). The van der Waals surface area contributed by atoms with Crippen molar-refractivity contribution in [2.45, 2.75) is 63.2 Å². The molecule has 0 bridgehead atoms. The lowest BCUT2D eigenvalue weighted by molar-refractivity contribution is 0.468. The van der Waals surface area contributed by atoms with E-state index in [-0.39, 0.29) is 10.2 Å². The Balaban J connectivity index is 2.00. The van der Waals surface area contributed by atoms with Crippen molar-refractivity contribution in [2.24, 2.45) is 0 Å². The highest BCUT2D eigenvalue weighted by Crippen LogP contribution is 2.41. The van der Waals surface area contributed by atoms with Crippen LogP contribution in [-0.4, -0.2) is 15.3 Å². The van der Waals surface area contributed by atoms with Gasteiger partial charge in [-0.2, -0.15) is 0 Å². The van der Waals surface area contributed by atoms with E-state index < -0.39 is 11.4 Å². The Hall–Kier alpha value is -0.510. The van der Waals surface area contributed by atoms with Crippen molar-refractivity contribution >= 4 is 11.4 Å². The number of hydrogen-bond donors (Lipinski definition) is 1. The van der Waals surface area contributed by atoms with Crippen LogP contribution in [-0.2, 0) is 16.8 Å². The number of benzene rings is 1. The standard InChI is InChI=1S/C16H25NOS/c1-15(2,3)19(18)17-14-10-11-16(4,12-14)13-8-6-5-7-9-13/h5-9,14,17H,10-12H2,1-4H3/t14-,16+,19-/m0/s1. The van der Waals surface area contributed by atoms with Gasteiger partial charge in [0.15, 0.2) is 0 Å². The van der Waals surface area contributed by atoms with Gasteiger partial charge >= 0.3 is 0 Å². The van der Waals surface area contributed by atoms with E-state index in [1.807, 2.05) is 20.8 Å². The maximum absolute atomic E-state index is 12.2. The maximum Gasteiger partial charge on any atom is 0.136 e. The van der Waals surface area contributed by atoms with Gasteiger partial charge in [0, 0.05) is 11.4 Å². The van der Waals surface area contributed by atoms with Crippen molar-refractivity contribution < 1.29 is 4.55 Å². The molecule has 1 N–H and O–H groups in total. The fourth-order valence-electron chi connectivity index (χ4n) is 2.77. The Morgan fingerprint density at radius 2 is 1.89 bits per heavy atom. The van der Waals surface area contributed by atoms with Crippen molar-refractivity contribution in [3.63, 3.8) is 0 Å². The first-order chi connectivity index (χ1) is 8.81. The lowest BCUT2D eigenvalue weighted by atomic mass is 9.81. The monoisotopic (exact) mass is 279 g/mol. The predicted molar refractivity (Wildman–Crippen MR) is 82.5 cm³/mol. The third kappa shape index (κ3) is 3.53. The van der Waals surface area contributed by atoms with Crippen molar-refractivity contribution in [3.05, 3.63) is 35.9 Å². The van der Waals surface area contributed by atoms with Crippen LogP contribution >= 0.6 is 0 Å². The van der Waals surface area contributed by atoms with Gasteiger partial charge in [0.05, 0.1) is 6.04 Å². The van der Waals surface area contributed by atoms with Crippen LogP contribution in [0.25, 0.3) is 0 Å². The summed E-state index contributed by atoms with van der Waals surface area (Å²) < 4.78 is 15.3. The maximum atomic E-state index is 12.2. The Bertz CT molecular complexity index is 415. The molecule has 0 radical (unpaired) electrons. The fourth-order valence-corrected chi connectivity index (χ4v) is 3.63. The van der Waals surface area contributed by atoms with E-state index in [0.717, 1.165) is 19.3 Å². The molecule has 1 aromatic rings. The van der Waals surface area contributed by atoms with Crippen LogP contribution in [0.5, 0.6) is 0 Å². The summed E-state index contributed by atoms with van der Waals surface area (Å²) in [5.41, 5.74) is 1.63. The molecular weight excluding hydrogens is 254 g/mol. The molecule has 106 valence electrons. The molecule has 1 aliphatic carbocycles. The first-order valence-electron chi connectivity index (χ1n) is 7.05. The number of rotatable bonds is 3. The highest BCUT2D eigenvalue weighted by molar-refractivity contribution is 7.90. The fraction of sp³-hybridized carbons (Fsp3) is 0.625. The smallest absolute Gasteiger partial charge is 0.136 e. The summed E-state index contributed by atoms with van der Waals surface area (Å²) in [7, 11) is 0. The third-order valence-electron chi connectivity index (χ3n) is 4.04. The van der Waals surface area contributed by atoms with E-state index in [9.17, 15) is 4.55 Å². The van der Waals surface area contributed by atoms with Gasteiger partial charge in [-0.05, 0) is 51.0 Å². The SMILES string of the molecule is CC(C)(C)[S@+]([O-])N[C@H]1CC[C@@](C)(c2ccccc2)C1. The topological polar surface area (TPSA) is 35.1 Å². The zero-order chi connectivity index (χ0) is 14.1. The van der Waals surface area contributed by atoms with Crippen LogP contribution in [0.1, 0.15) is 52.5 Å². The van der Waals surface area contributed by atoms with Gasteiger partial charge in [0.1, 0.15) is 4.75 Å². The number of nitrogens with one attached hydrogen (secondary N) is 1. The quantitative estimate of drug-likeness (QED) is 0.859. The molecule has 1 aliphatic rings. The Labute approximate surface area is 120 Å². The lowest BCUT2D eigenvalue weighted by Crippen LogP contribution is -2.44. The average Bonchev–Trinajstić information content (AvgIpc) is 2.72. The molecule has 2 nitrogen and oxygen atoms in total. The van der Waals surface area contributed by atoms with E-state index in [4.69, 9.17) is 0 Å². The molecule has 0 unspecified atom stereocenters. The average molecular weight is 279 g/mol. The van der Waals surface area contributed by atoms with Gasteiger partial charge in [-0.3, -0.25) is 0 Å². The van der Waals surface area contributed by atoms with E-state index in [2.05, 4.69) is 42.0 Å². The summed E-state index contributed by atoms with van der Waals surface area (Å²) in [6.07, 6.45) is 3.34. The summed E-state index contributed by atoms with van der Waals surface area (Å²) in [5.74, 6) is 0. The van der Waals surface area contributed by atoms with E-state index in [1.54, 1.807) is 0 Å². The van der Waals surface area contributed by atoms with Gasteiger partial charge in [-0.25, -0.2) is 0 Å². The second-order valence-corrected chi connectivity index (χ2v) is 8.86. The normalized spacial score (nSPS) is 29.4. The van der Waals surface area contributed by atoms with Crippen molar-refractivity contribution in [1.29, 1.82) is 0 Å². The molecule has 1 fully saturated rings. The zero-order valence-electron chi connectivity index (χ0n) is 12.4.